The second-order valence-electron chi connectivity index (χ2n) is 5.20. The zero-order valence-electron chi connectivity index (χ0n) is 11.6. The summed E-state index contributed by atoms with van der Waals surface area (Å²) in [5.74, 6) is 0.190. The second-order valence-corrected chi connectivity index (χ2v) is 5.20. The van der Waals surface area contributed by atoms with Crippen molar-refractivity contribution in [2.45, 2.75) is 19.4 Å². The average Bonchev–Trinajstić information content (AvgIpc) is 2.36. The number of carbonyl (C=O) groups is 1. The molecule has 2 amide bonds. The van der Waals surface area contributed by atoms with Crippen molar-refractivity contribution in [1.82, 2.24) is 14.7 Å². The SMILES string of the molecule is CN(C)C(=O)N1CCN(C(C)(C)C(N)=NO)CC1. The highest BCUT2D eigenvalue weighted by molar-refractivity contribution is 5.88. The van der Waals surface area contributed by atoms with Gasteiger partial charge in [-0.15, -0.1) is 0 Å². The number of amidine groups is 1. The van der Waals surface area contributed by atoms with Crippen molar-refractivity contribution in [2.75, 3.05) is 40.3 Å². The molecule has 7 nitrogen and oxygen atoms in total. The molecule has 0 atom stereocenters. The summed E-state index contributed by atoms with van der Waals surface area (Å²) in [5, 5.41) is 11.9. The lowest BCUT2D eigenvalue weighted by Crippen LogP contribution is -2.61. The summed E-state index contributed by atoms with van der Waals surface area (Å²) in [4.78, 5) is 17.3. The van der Waals surface area contributed by atoms with Crippen molar-refractivity contribution in [3.8, 4) is 0 Å². The van der Waals surface area contributed by atoms with Crippen LogP contribution in [0.1, 0.15) is 13.8 Å². The fourth-order valence-corrected chi connectivity index (χ4v) is 2.02. The molecule has 104 valence electrons. The van der Waals surface area contributed by atoms with Crippen LogP contribution in [0.2, 0.25) is 0 Å². The number of hydrogen-bond acceptors (Lipinski definition) is 4. The van der Waals surface area contributed by atoms with Gasteiger partial charge in [0.15, 0.2) is 5.84 Å². The highest BCUT2D eigenvalue weighted by Crippen LogP contribution is 2.17. The Morgan fingerprint density at radius 3 is 2.17 bits per heavy atom. The molecule has 0 aromatic heterocycles. The number of amides is 2. The average molecular weight is 257 g/mol. The van der Waals surface area contributed by atoms with Crippen LogP contribution < -0.4 is 5.73 Å². The van der Waals surface area contributed by atoms with E-state index >= 15 is 0 Å². The predicted molar refractivity (Wildman–Crippen MR) is 69.7 cm³/mol. The minimum atomic E-state index is -0.498. The largest absolute Gasteiger partial charge is 0.409 e. The Morgan fingerprint density at radius 2 is 1.78 bits per heavy atom. The van der Waals surface area contributed by atoms with Crippen molar-refractivity contribution in [3.05, 3.63) is 0 Å². The maximum absolute atomic E-state index is 11.8. The summed E-state index contributed by atoms with van der Waals surface area (Å²) in [7, 11) is 3.49. The van der Waals surface area contributed by atoms with Gasteiger partial charge in [0, 0.05) is 40.3 Å². The molecule has 0 bridgehead atoms. The van der Waals surface area contributed by atoms with Crippen LogP contribution in [-0.4, -0.2) is 77.6 Å². The summed E-state index contributed by atoms with van der Waals surface area (Å²) in [6.45, 7) is 6.54. The van der Waals surface area contributed by atoms with Crippen molar-refractivity contribution in [2.24, 2.45) is 10.9 Å². The Kier molecular flexibility index (Phi) is 4.39. The van der Waals surface area contributed by atoms with Gasteiger partial charge in [-0.1, -0.05) is 5.16 Å². The fraction of sp³-hybridized carbons (Fsp3) is 0.818. The first kappa shape index (κ1) is 14.6. The molecule has 0 radical (unpaired) electrons. The molecule has 0 spiro atoms. The molecular weight excluding hydrogens is 234 g/mol. The van der Waals surface area contributed by atoms with Gasteiger partial charge < -0.3 is 20.7 Å². The smallest absolute Gasteiger partial charge is 0.319 e. The second kappa shape index (κ2) is 5.43. The quantitative estimate of drug-likeness (QED) is 0.311. The number of nitrogens with two attached hydrogens (primary N) is 1. The number of nitrogens with zero attached hydrogens (tertiary/aromatic N) is 4. The monoisotopic (exact) mass is 257 g/mol. The lowest BCUT2D eigenvalue weighted by Gasteiger charge is -2.43. The topological polar surface area (TPSA) is 85.4 Å². The van der Waals surface area contributed by atoms with Gasteiger partial charge in [-0.05, 0) is 13.8 Å². The molecule has 1 heterocycles. The Bertz CT molecular complexity index is 332. The third-order valence-electron chi connectivity index (χ3n) is 3.46. The molecule has 0 aromatic rings. The van der Waals surface area contributed by atoms with E-state index in [1.165, 1.54) is 0 Å². The first-order chi connectivity index (χ1) is 8.30. The molecular formula is C11H23N5O2. The van der Waals surface area contributed by atoms with Gasteiger partial charge in [-0.25, -0.2) is 4.79 Å². The Balaban J connectivity index is 2.62. The van der Waals surface area contributed by atoms with E-state index in [1.54, 1.807) is 23.9 Å². The predicted octanol–water partition coefficient (Wildman–Crippen LogP) is -0.189. The summed E-state index contributed by atoms with van der Waals surface area (Å²) < 4.78 is 0. The molecule has 7 heteroatoms. The Hall–Kier alpha value is -1.50. The molecule has 0 aromatic carbocycles. The first-order valence-corrected chi connectivity index (χ1v) is 6.00. The van der Waals surface area contributed by atoms with Gasteiger partial charge in [0.2, 0.25) is 0 Å². The highest BCUT2D eigenvalue weighted by atomic mass is 16.4. The van der Waals surface area contributed by atoms with E-state index in [-0.39, 0.29) is 11.9 Å². The minimum absolute atomic E-state index is 0.0243. The van der Waals surface area contributed by atoms with Crippen LogP contribution in [0.15, 0.2) is 5.16 Å². The van der Waals surface area contributed by atoms with Crippen LogP contribution in [0.4, 0.5) is 4.79 Å². The first-order valence-electron chi connectivity index (χ1n) is 6.00. The van der Waals surface area contributed by atoms with Crippen LogP contribution in [-0.2, 0) is 0 Å². The van der Waals surface area contributed by atoms with E-state index in [2.05, 4.69) is 10.1 Å². The maximum Gasteiger partial charge on any atom is 0.319 e. The van der Waals surface area contributed by atoms with E-state index in [0.29, 0.717) is 26.2 Å². The molecule has 1 aliphatic heterocycles. The van der Waals surface area contributed by atoms with Gasteiger partial charge >= 0.3 is 6.03 Å². The zero-order valence-corrected chi connectivity index (χ0v) is 11.6. The van der Waals surface area contributed by atoms with E-state index in [1.807, 2.05) is 13.8 Å². The van der Waals surface area contributed by atoms with Crippen LogP contribution in [0.25, 0.3) is 0 Å². The number of rotatable bonds is 2. The van der Waals surface area contributed by atoms with Crippen molar-refractivity contribution < 1.29 is 10.0 Å². The lowest BCUT2D eigenvalue weighted by atomic mass is 10.0. The fourth-order valence-electron chi connectivity index (χ4n) is 2.02. The summed E-state index contributed by atoms with van der Waals surface area (Å²) in [6.07, 6.45) is 0. The maximum atomic E-state index is 11.8. The zero-order chi connectivity index (χ0) is 13.9. The van der Waals surface area contributed by atoms with Crippen LogP contribution in [0, 0.1) is 0 Å². The van der Waals surface area contributed by atoms with Crippen LogP contribution >= 0.6 is 0 Å². The molecule has 0 unspecified atom stereocenters. The van der Waals surface area contributed by atoms with Gasteiger partial charge in [0.1, 0.15) is 0 Å². The van der Waals surface area contributed by atoms with E-state index in [0.717, 1.165) is 0 Å². The number of hydrogen-bond donors (Lipinski definition) is 2. The molecule has 3 N–H and O–H groups in total. The molecule has 0 saturated carbocycles. The van der Waals surface area contributed by atoms with E-state index in [9.17, 15) is 4.79 Å². The number of oxime groups is 1. The minimum Gasteiger partial charge on any atom is -0.409 e. The number of urea groups is 1. The van der Waals surface area contributed by atoms with Crippen LogP contribution in [0.5, 0.6) is 0 Å². The molecule has 18 heavy (non-hydrogen) atoms. The standard InChI is InChI=1S/C11H23N5O2/c1-11(2,9(12)13-18)16-7-5-15(6-8-16)10(17)14(3)4/h18H,5-8H2,1-4H3,(H2,12,13). The normalized spacial score (nSPS) is 18.9. The van der Waals surface area contributed by atoms with Gasteiger partial charge in [0.25, 0.3) is 0 Å². The molecule has 1 rings (SSSR count). The molecule has 1 aliphatic rings. The van der Waals surface area contributed by atoms with Crippen molar-refractivity contribution in [1.29, 1.82) is 0 Å². The molecule has 0 aliphatic carbocycles. The Morgan fingerprint density at radius 1 is 1.28 bits per heavy atom. The molecule has 1 saturated heterocycles. The van der Waals surface area contributed by atoms with Crippen molar-refractivity contribution in [3.63, 3.8) is 0 Å². The third kappa shape index (κ3) is 2.84. The Labute approximate surface area is 108 Å². The number of piperazine rings is 1. The molecule has 1 fully saturated rings. The lowest BCUT2D eigenvalue weighted by molar-refractivity contribution is 0.0867. The highest BCUT2D eigenvalue weighted by Gasteiger charge is 2.34. The van der Waals surface area contributed by atoms with Gasteiger partial charge in [-0.3, -0.25) is 4.90 Å². The van der Waals surface area contributed by atoms with E-state index in [4.69, 9.17) is 10.9 Å². The number of carbonyl (C=O) groups excluding carboxylic acids is 1. The summed E-state index contributed by atoms with van der Waals surface area (Å²) in [5.41, 5.74) is 5.20. The van der Waals surface area contributed by atoms with Gasteiger partial charge in [-0.2, -0.15) is 0 Å². The third-order valence-corrected chi connectivity index (χ3v) is 3.46. The summed E-state index contributed by atoms with van der Waals surface area (Å²) in [6, 6.07) is 0.0243. The van der Waals surface area contributed by atoms with Gasteiger partial charge in [0.05, 0.1) is 5.54 Å². The van der Waals surface area contributed by atoms with Crippen LogP contribution in [0.3, 0.4) is 0 Å². The van der Waals surface area contributed by atoms with Crippen molar-refractivity contribution >= 4 is 11.9 Å². The summed E-state index contributed by atoms with van der Waals surface area (Å²) >= 11 is 0. The van der Waals surface area contributed by atoms with E-state index < -0.39 is 5.54 Å².